The number of benzene rings is 1. The van der Waals surface area contributed by atoms with E-state index in [0.29, 0.717) is 24.2 Å². The molecular formula is C24H25N5O7S. The minimum absolute atomic E-state index is 0.0647. The number of hydrogen-bond donors (Lipinski definition) is 0. The number of fused-ring (bicyclic) bond motifs is 1. The monoisotopic (exact) mass is 527 g/mol. The van der Waals surface area contributed by atoms with Crippen LogP contribution in [0.3, 0.4) is 0 Å². The van der Waals surface area contributed by atoms with Gasteiger partial charge in [0.05, 0.1) is 18.2 Å². The Labute approximate surface area is 215 Å². The van der Waals surface area contributed by atoms with Gasteiger partial charge < -0.3 is 18.9 Å². The molecule has 3 aromatic rings. The van der Waals surface area contributed by atoms with E-state index in [1.165, 1.54) is 50.0 Å². The van der Waals surface area contributed by atoms with Crippen molar-refractivity contribution >= 4 is 46.8 Å². The van der Waals surface area contributed by atoms with Crippen LogP contribution < -0.4 is 20.7 Å². The summed E-state index contributed by atoms with van der Waals surface area (Å²) in [4.78, 5) is 66.7. The summed E-state index contributed by atoms with van der Waals surface area (Å²) in [5.74, 6) is -0.494. The summed E-state index contributed by atoms with van der Waals surface area (Å²) < 4.78 is 14.2. The number of aromatic nitrogens is 4. The van der Waals surface area contributed by atoms with E-state index in [2.05, 4.69) is 4.98 Å². The highest BCUT2D eigenvalue weighted by molar-refractivity contribution is 8.00. The van der Waals surface area contributed by atoms with Crippen LogP contribution in [-0.4, -0.2) is 59.1 Å². The maximum absolute atomic E-state index is 13.1. The van der Waals surface area contributed by atoms with Gasteiger partial charge in [0, 0.05) is 46.3 Å². The summed E-state index contributed by atoms with van der Waals surface area (Å²) in [6, 6.07) is 4.61. The first kappa shape index (κ1) is 25.9. The van der Waals surface area contributed by atoms with E-state index < -0.39 is 23.2 Å². The summed E-state index contributed by atoms with van der Waals surface area (Å²) in [6.45, 7) is 3.31. The Kier molecular flexibility index (Phi) is 7.34. The van der Waals surface area contributed by atoms with Crippen molar-refractivity contribution in [2.75, 3.05) is 12.3 Å². The number of carbonyl (C=O) groups is 3. The molecule has 194 valence electrons. The molecule has 0 saturated carbocycles. The predicted octanol–water partition coefficient (Wildman–Crippen LogP) is 0.899. The normalized spacial score (nSPS) is 15.5. The molecule has 1 fully saturated rings. The first-order valence-electron chi connectivity index (χ1n) is 11.3. The highest BCUT2D eigenvalue weighted by atomic mass is 32.2. The van der Waals surface area contributed by atoms with Crippen LogP contribution in [-0.2, 0) is 35.0 Å². The molecule has 1 aliphatic rings. The number of esters is 2. The molecule has 1 amide bonds. The van der Waals surface area contributed by atoms with Crippen LogP contribution in [0, 0.1) is 0 Å². The minimum Gasteiger partial charge on any atom is -0.423 e. The number of rotatable bonds is 6. The van der Waals surface area contributed by atoms with Crippen molar-refractivity contribution in [3.63, 3.8) is 0 Å². The number of ether oxygens (including phenoxy) is 2. The highest BCUT2D eigenvalue weighted by Crippen LogP contribution is 2.30. The van der Waals surface area contributed by atoms with Crippen LogP contribution in [0.5, 0.6) is 11.5 Å². The van der Waals surface area contributed by atoms with Gasteiger partial charge in [0.25, 0.3) is 5.56 Å². The van der Waals surface area contributed by atoms with Gasteiger partial charge >= 0.3 is 17.6 Å². The Morgan fingerprint density at radius 2 is 1.78 bits per heavy atom. The maximum atomic E-state index is 13.1. The third-order valence-electron chi connectivity index (χ3n) is 5.74. The molecule has 0 spiro atoms. The summed E-state index contributed by atoms with van der Waals surface area (Å²) >= 11 is 1.58. The van der Waals surface area contributed by atoms with Crippen LogP contribution in [0.25, 0.3) is 17.2 Å². The minimum atomic E-state index is -0.579. The number of carbonyl (C=O) groups excluding carboxylic acids is 3. The van der Waals surface area contributed by atoms with Gasteiger partial charge in [-0.25, -0.2) is 9.78 Å². The fourth-order valence-corrected chi connectivity index (χ4v) is 5.22. The van der Waals surface area contributed by atoms with E-state index in [-0.39, 0.29) is 28.4 Å². The van der Waals surface area contributed by atoms with Crippen LogP contribution in [0.1, 0.15) is 19.4 Å². The van der Waals surface area contributed by atoms with E-state index in [4.69, 9.17) is 9.47 Å². The zero-order chi connectivity index (χ0) is 26.9. The smallest absolute Gasteiger partial charge is 0.332 e. The van der Waals surface area contributed by atoms with Crippen molar-refractivity contribution in [2.45, 2.75) is 25.8 Å². The molecule has 0 radical (unpaired) electrons. The van der Waals surface area contributed by atoms with Gasteiger partial charge in [-0.3, -0.25) is 28.3 Å². The summed E-state index contributed by atoms with van der Waals surface area (Å²) in [7, 11) is 2.97. The standard InChI is InChI=1S/C24H25N5O7S/c1-14(30)35-17-7-5-16(11-18(17)36-15(2)31)6-8-19(32)29-9-10-37-20(29)12-28-13-25-22-21(28)23(33)27(4)24(34)26(22)3/h5-8,11,13,20H,9-10,12H2,1-4H3. The zero-order valence-electron chi connectivity index (χ0n) is 20.7. The molecule has 1 saturated heterocycles. The molecule has 0 aliphatic carbocycles. The summed E-state index contributed by atoms with van der Waals surface area (Å²) in [5.41, 5.74) is 0.240. The average Bonchev–Trinajstić information content (AvgIpc) is 3.48. The lowest BCUT2D eigenvalue weighted by Gasteiger charge is -2.23. The predicted molar refractivity (Wildman–Crippen MR) is 136 cm³/mol. The number of imidazole rings is 1. The van der Waals surface area contributed by atoms with E-state index in [9.17, 15) is 24.0 Å². The van der Waals surface area contributed by atoms with Gasteiger partial charge in [0.2, 0.25) is 5.91 Å². The molecule has 0 N–H and O–H groups in total. The van der Waals surface area contributed by atoms with Gasteiger partial charge in [-0.1, -0.05) is 6.07 Å². The largest absolute Gasteiger partial charge is 0.423 e. The molecule has 2 aromatic heterocycles. The van der Waals surface area contributed by atoms with Crippen molar-refractivity contribution in [1.82, 2.24) is 23.6 Å². The van der Waals surface area contributed by atoms with Gasteiger partial charge in [0.1, 0.15) is 0 Å². The fraction of sp³-hybridized carbons (Fsp3) is 0.333. The Bertz CT molecular complexity index is 1550. The molecule has 4 rings (SSSR count). The van der Waals surface area contributed by atoms with Crippen molar-refractivity contribution in [3.8, 4) is 11.5 Å². The van der Waals surface area contributed by atoms with E-state index in [1.54, 1.807) is 40.4 Å². The van der Waals surface area contributed by atoms with Crippen molar-refractivity contribution in [2.24, 2.45) is 14.1 Å². The molecular weight excluding hydrogens is 502 g/mol. The van der Waals surface area contributed by atoms with Gasteiger partial charge in [-0.15, -0.1) is 11.8 Å². The zero-order valence-corrected chi connectivity index (χ0v) is 21.5. The third kappa shape index (κ3) is 5.35. The summed E-state index contributed by atoms with van der Waals surface area (Å²) in [6.07, 6.45) is 4.49. The van der Waals surface area contributed by atoms with E-state index in [1.807, 2.05) is 0 Å². The SMILES string of the molecule is CC(=O)Oc1ccc(C=CC(=O)N2CCSC2Cn2cnc3c2c(=O)n(C)c(=O)n3C)cc1OC(C)=O. The topological polar surface area (TPSA) is 135 Å². The van der Waals surface area contributed by atoms with Gasteiger partial charge in [0.15, 0.2) is 22.7 Å². The quantitative estimate of drug-likeness (QED) is 0.260. The fourth-order valence-electron chi connectivity index (χ4n) is 3.99. The average molecular weight is 528 g/mol. The van der Waals surface area contributed by atoms with Crippen LogP contribution in [0.2, 0.25) is 0 Å². The molecule has 1 unspecified atom stereocenters. The molecule has 3 heterocycles. The molecule has 1 atom stereocenters. The Hall–Kier alpha value is -4.13. The number of amides is 1. The van der Waals surface area contributed by atoms with Crippen LogP contribution in [0.15, 0.2) is 40.2 Å². The first-order valence-corrected chi connectivity index (χ1v) is 12.3. The highest BCUT2D eigenvalue weighted by Gasteiger charge is 2.29. The maximum Gasteiger partial charge on any atom is 0.332 e. The van der Waals surface area contributed by atoms with Gasteiger partial charge in [-0.05, 0) is 23.8 Å². The number of thioether (sulfide) groups is 1. The van der Waals surface area contributed by atoms with E-state index >= 15 is 0 Å². The van der Waals surface area contributed by atoms with Crippen LogP contribution >= 0.6 is 11.8 Å². The van der Waals surface area contributed by atoms with Crippen molar-refractivity contribution in [3.05, 3.63) is 57.0 Å². The lowest BCUT2D eigenvalue weighted by atomic mass is 10.2. The second-order valence-corrected chi connectivity index (χ2v) is 9.64. The lowest BCUT2D eigenvalue weighted by molar-refractivity contribution is -0.134. The third-order valence-corrected chi connectivity index (χ3v) is 6.94. The molecule has 37 heavy (non-hydrogen) atoms. The Morgan fingerprint density at radius 1 is 1.08 bits per heavy atom. The first-order chi connectivity index (χ1) is 17.6. The second kappa shape index (κ2) is 10.5. The molecule has 12 nitrogen and oxygen atoms in total. The van der Waals surface area contributed by atoms with Crippen molar-refractivity contribution < 1.29 is 23.9 Å². The Morgan fingerprint density at radius 3 is 2.49 bits per heavy atom. The van der Waals surface area contributed by atoms with E-state index in [0.717, 1.165) is 10.3 Å². The van der Waals surface area contributed by atoms with Gasteiger partial charge in [-0.2, -0.15) is 0 Å². The molecule has 1 aromatic carbocycles. The number of nitrogens with zero attached hydrogens (tertiary/aromatic N) is 5. The Balaban J connectivity index is 1.54. The number of aryl methyl sites for hydroxylation is 1. The van der Waals surface area contributed by atoms with Crippen LogP contribution in [0.4, 0.5) is 0 Å². The number of hydrogen-bond acceptors (Lipinski definition) is 9. The molecule has 1 aliphatic heterocycles. The molecule has 13 heteroatoms. The lowest BCUT2D eigenvalue weighted by Crippen LogP contribution is -2.39. The molecule has 0 bridgehead atoms. The van der Waals surface area contributed by atoms with Crippen molar-refractivity contribution in [1.29, 1.82) is 0 Å². The summed E-state index contributed by atoms with van der Waals surface area (Å²) in [5, 5.41) is -0.251. The second-order valence-electron chi connectivity index (χ2n) is 8.36.